The van der Waals surface area contributed by atoms with E-state index in [1.54, 1.807) is 0 Å². The van der Waals surface area contributed by atoms with Crippen molar-refractivity contribution in [1.29, 1.82) is 0 Å². The Morgan fingerprint density at radius 3 is 2.60 bits per heavy atom. The fourth-order valence-electron chi connectivity index (χ4n) is 1.73. The van der Waals surface area contributed by atoms with Crippen molar-refractivity contribution in [3.8, 4) is 0 Å². The van der Waals surface area contributed by atoms with E-state index in [-0.39, 0.29) is 0 Å². The molecule has 0 bridgehead atoms. The van der Waals surface area contributed by atoms with Gasteiger partial charge in [-0.25, -0.2) is 8.78 Å². The number of piperazine rings is 1. The highest BCUT2D eigenvalue weighted by Crippen LogP contribution is 2.06. The number of alkyl halides is 2. The molecule has 1 aliphatic heterocycles. The molecule has 0 aromatic carbocycles. The van der Waals surface area contributed by atoms with Gasteiger partial charge in [0.25, 0.3) is 6.43 Å². The molecule has 0 aromatic heterocycles. The number of hydrogen-bond acceptors (Lipinski definition) is 3. The highest BCUT2D eigenvalue weighted by Gasteiger charge is 2.23. The molecule has 0 radical (unpaired) electrons. The van der Waals surface area contributed by atoms with Crippen LogP contribution in [0.4, 0.5) is 8.78 Å². The van der Waals surface area contributed by atoms with Gasteiger partial charge in [-0.05, 0) is 21.0 Å². The van der Waals surface area contributed by atoms with Gasteiger partial charge < -0.3 is 10.2 Å². The van der Waals surface area contributed by atoms with E-state index in [0.29, 0.717) is 12.6 Å². The lowest BCUT2D eigenvalue weighted by Gasteiger charge is -2.38. The van der Waals surface area contributed by atoms with E-state index in [2.05, 4.69) is 22.2 Å². The van der Waals surface area contributed by atoms with Gasteiger partial charge in [0.05, 0.1) is 6.04 Å². The topological polar surface area (TPSA) is 18.5 Å². The molecule has 2 atom stereocenters. The zero-order valence-electron chi connectivity index (χ0n) is 9.71. The van der Waals surface area contributed by atoms with Gasteiger partial charge in [-0.15, -0.1) is 0 Å². The molecule has 0 amide bonds. The Balaban J connectivity index is 2.30. The largest absolute Gasteiger partial charge is 0.307 e. The average Bonchev–Trinajstić information content (AvgIpc) is 2.18. The van der Waals surface area contributed by atoms with Crippen molar-refractivity contribution >= 4 is 0 Å². The van der Waals surface area contributed by atoms with E-state index in [1.165, 1.54) is 6.92 Å². The van der Waals surface area contributed by atoms with Crippen molar-refractivity contribution in [3.63, 3.8) is 0 Å². The third-order valence-corrected chi connectivity index (χ3v) is 3.03. The Labute approximate surface area is 90.4 Å². The quantitative estimate of drug-likeness (QED) is 0.745. The van der Waals surface area contributed by atoms with Gasteiger partial charge in [-0.1, -0.05) is 0 Å². The van der Waals surface area contributed by atoms with Gasteiger partial charge in [0, 0.05) is 32.2 Å². The van der Waals surface area contributed by atoms with Crippen LogP contribution in [0, 0.1) is 0 Å². The highest BCUT2D eigenvalue weighted by atomic mass is 19.3. The molecule has 3 nitrogen and oxygen atoms in total. The first kappa shape index (κ1) is 12.8. The minimum Gasteiger partial charge on any atom is -0.307 e. The predicted octanol–water partition coefficient (Wildman–Crippen LogP) is 0.475. The Morgan fingerprint density at radius 2 is 2.00 bits per heavy atom. The molecular formula is C10H21F2N3. The maximum absolute atomic E-state index is 12.3. The lowest BCUT2D eigenvalue weighted by atomic mass is 10.2. The summed E-state index contributed by atoms with van der Waals surface area (Å²) in [6.45, 7) is 5.16. The minimum absolute atomic E-state index is 0.338. The zero-order chi connectivity index (χ0) is 11.4. The summed E-state index contributed by atoms with van der Waals surface area (Å²) >= 11 is 0. The summed E-state index contributed by atoms with van der Waals surface area (Å²) in [7, 11) is 4.11. The molecule has 0 aliphatic carbocycles. The number of rotatable bonds is 4. The van der Waals surface area contributed by atoms with E-state index >= 15 is 0 Å². The molecule has 1 saturated heterocycles. The van der Waals surface area contributed by atoms with Crippen LogP contribution >= 0.6 is 0 Å². The summed E-state index contributed by atoms with van der Waals surface area (Å²) in [5.74, 6) is 0. The second-order valence-corrected chi connectivity index (χ2v) is 4.43. The van der Waals surface area contributed by atoms with Crippen LogP contribution in [0.25, 0.3) is 0 Å². The first-order valence-electron chi connectivity index (χ1n) is 5.41. The van der Waals surface area contributed by atoms with E-state index in [4.69, 9.17) is 0 Å². The molecule has 15 heavy (non-hydrogen) atoms. The zero-order valence-corrected chi connectivity index (χ0v) is 9.71. The van der Waals surface area contributed by atoms with Crippen LogP contribution in [-0.2, 0) is 0 Å². The number of nitrogens with zero attached hydrogens (tertiary/aromatic N) is 2. The van der Waals surface area contributed by atoms with Gasteiger partial charge in [-0.3, -0.25) is 4.90 Å². The maximum atomic E-state index is 12.3. The summed E-state index contributed by atoms with van der Waals surface area (Å²) < 4.78 is 24.5. The van der Waals surface area contributed by atoms with Gasteiger partial charge in [-0.2, -0.15) is 0 Å². The van der Waals surface area contributed by atoms with Crippen molar-refractivity contribution in [1.82, 2.24) is 15.1 Å². The van der Waals surface area contributed by atoms with Crippen LogP contribution < -0.4 is 5.32 Å². The van der Waals surface area contributed by atoms with E-state index < -0.39 is 12.5 Å². The maximum Gasteiger partial charge on any atom is 0.253 e. The number of hydrogen-bond donors (Lipinski definition) is 1. The Morgan fingerprint density at radius 1 is 1.33 bits per heavy atom. The van der Waals surface area contributed by atoms with E-state index in [9.17, 15) is 8.78 Å². The summed E-state index contributed by atoms with van der Waals surface area (Å²) in [5.41, 5.74) is 0. The molecule has 1 heterocycles. The molecule has 0 saturated carbocycles. The van der Waals surface area contributed by atoms with Gasteiger partial charge in [0.15, 0.2) is 0 Å². The fraction of sp³-hybridized carbons (Fsp3) is 1.00. The Kier molecular flexibility index (Phi) is 4.89. The molecule has 0 spiro atoms. The second-order valence-electron chi connectivity index (χ2n) is 4.43. The average molecular weight is 221 g/mol. The molecule has 5 heteroatoms. The Bertz CT molecular complexity index is 190. The third kappa shape index (κ3) is 4.01. The summed E-state index contributed by atoms with van der Waals surface area (Å²) in [4.78, 5) is 4.46. The molecule has 90 valence electrons. The van der Waals surface area contributed by atoms with Crippen LogP contribution in [0.3, 0.4) is 0 Å². The standard InChI is InChI=1S/C10H21F2N3/c1-8(10(11)12)13-6-9-7-14(2)4-5-15(9)3/h8-10,13H,4-7H2,1-3H3. The number of nitrogens with one attached hydrogen (secondary N) is 1. The monoisotopic (exact) mass is 221 g/mol. The van der Waals surface area contributed by atoms with Gasteiger partial charge in [0.1, 0.15) is 0 Å². The van der Waals surface area contributed by atoms with Crippen molar-refractivity contribution < 1.29 is 8.78 Å². The molecule has 1 rings (SSSR count). The molecule has 1 N–H and O–H groups in total. The van der Waals surface area contributed by atoms with Crippen molar-refractivity contribution in [2.24, 2.45) is 0 Å². The van der Waals surface area contributed by atoms with Crippen LogP contribution in [0.1, 0.15) is 6.92 Å². The predicted molar refractivity (Wildman–Crippen MR) is 57.4 cm³/mol. The molecule has 1 fully saturated rings. The summed E-state index contributed by atoms with van der Waals surface area (Å²) in [6.07, 6.45) is -2.28. The molecule has 1 aliphatic rings. The summed E-state index contributed by atoms with van der Waals surface area (Å²) in [5, 5.41) is 2.88. The van der Waals surface area contributed by atoms with Crippen LogP contribution in [0.2, 0.25) is 0 Å². The number of likely N-dealkylation sites (N-methyl/N-ethyl adjacent to an activating group) is 2. The van der Waals surface area contributed by atoms with Crippen LogP contribution in [0.5, 0.6) is 0 Å². The molecule has 0 aromatic rings. The highest BCUT2D eigenvalue weighted by molar-refractivity contribution is 4.81. The fourth-order valence-corrected chi connectivity index (χ4v) is 1.73. The van der Waals surface area contributed by atoms with Crippen molar-refractivity contribution in [2.45, 2.75) is 25.4 Å². The van der Waals surface area contributed by atoms with Crippen molar-refractivity contribution in [3.05, 3.63) is 0 Å². The molecule has 2 unspecified atom stereocenters. The molecular weight excluding hydrogens is 200 g/mol. The third-order valence-electron chi connectivity index (χ3n) is 3.03. The van der Waals surface area contributed by atoms with Gasteiger partial charge in [0.2, 0.25) is 0 Å². The van der Waals surface area contributed by atoms with Crippen LogP contribution in [-0.4, -0.2) is 68.6 Å². The van der Waals surface area contributed by atoms with E-state index in [0.717, 1.165) is 19.6 Å². The first-order valence-corrected chi connectivity index (χ1v) is 5.41. The SMILES string of the molecule is CC(NCC1CN(C)CCN1C)C(F)F. The smallest absolute Gasteiger partial charge is 0.253 e. The van der Waals surface area contributed by atoms with Crippen LogP contribution in [0.15, 0.2) is 0 Å². The minimum atomic E-state index is -2.28. The normalized spacial score (nSPS) is 27.2. The van der Waals surface area contributed by atoms with Gasteiger partial charge >= 0.3 is 0 Å². The number of halogens is 2. The summed E-state index contributed by atoms with van der Waals surface area (Å²) in [6, 6.07) is -0.379. The second kappa shape index (κ2) is 5.72. The lowest BCUT2D eigenvalue weighted by molar-refractivity contribution is 0.0834. The first-order chi connectivity index (χ1) is 7.00. The Hall–Kier alpha value is -0.260. The van der Waals surface area contributed by atoms with E-state index in [1.807, 2.05) is 7.05 Å². The lowest BCUT2D eigenvalue weighted by Crippen LogP contribution is -2.55. The van der Waals surface area contributed by atoms with Crippen molar-refractivity contribution in [2.75, 3.05) is 40.3 Å².